The summed E-state index contributed by atoms with van der Waals surface area (Å²) in [5.41, 5.74) is 4.14. The molecule has 0 aromatic carbocycles. The van der Waals surface area contributed by atoms with Crippen LogP contribution in [0.2, 0.25) is 0 Å². The number of oxime groups is 1. The van der Waals surface area contributed by atoms with Crippen molar-refractivity contribution < 1.29 is 37.3 Å². The van der Waals surface area contributed by atoms with Gasteiger partial charge in [0.2, 0.25) is 5.60 Å². The minimum absolute atomic E-state index is 0.0505. The number of amides is 2. The van der Waals surface area contributed by atoms with Gasteiger partial charge in [-0.1, -0.05) is 5.16 Å². The number of nitrogens with two attached hydrogens (primary N) is 1. The fraction of sp³-hybridized carbons (Fsp3) is 0.500. The number of β-lactam (4-membered cyclic amide) rings is 1. The number of nitrogens with one attached hydrogen (secondary N) is 1. The minimum atomic E-state index is -5.00. The molecule has 2 aromatic heterocycles. The zero-order valence-corrected chi connectivity index (χ0v) is 25.4. The van der Waals surface area contributed by atoms with E-state index in [0.717, 1.165) is 16.1 Å². The van der Waals surface area contributed by atoms with Crippen LogP contribution in [-0.2, 0) is 41.8 Å². The van der Waals surface area contributed by atoms with Crippen molar-refractivity contribution in [1.82, 2.24) is 34.5 Å². The second-order valence-electron chi connectivity index (χ2n) is 10.0. The van der Waals surface area contributed by atoms with Gasteiger partial charge in [-0.15, -0.1) is 23.1 Å². The van der Waals surface area contributed by atoms with E-state index in [1.54, 1.807) is 18.1 Å². The number of hydrogen-bond donors (Lipinski definition) is 4. The molecule has 2 aliphatic heterocycles. The van der Waals surface area contributed by atoms with Crippen LogP contribution in [0.1, 0.15) is 24.2 Å². The van der Waals surface area contributed by atoms with Gasteiger partial charge in [0.05, 0.1) is 31.3 Å². The monoisotopic (exact) mass is 669 g/mol. The molecule has 19 nitrogen and oxygen atoms in total. The van der Waals surface area contributed by atoms with Crippen LogP contribution in [0, 0.1) is 0 Å². The molecule has 1 saturated carbocycles. The highest BCUT2D eigenvalue weighted by molar-refractivity contribution is 7.99. The number of carboxylic acids is 1. The predicted octanol–water partition coefficient (Wildman–Crippen LogP) is -1.54. The summed E-state index contributed by atoms with van der Waals surface area (Å²) in [5.74, 6) is -2.93. The fourth-order valence-electron chi connectivity index (χ4n) is 4.29. The molecule has 0 radical (unpaired) electrons. The maximum Gasteiger partial charge on any atom is 0.362 e. The van der Waals surface area contributed by atoms with E-state index in [-0.39, 0.29) is 39.8 Å². The lowest BCUT2D eigenvalue weighted by atomic mass is 9.98. The molecule has 1 unspecified atom stereocenters. The van der Waals surface area contributed by atoms with Gasteiger partial charge in [-0.2, -0.15) is 23.4 Å². The van der Waals surface area contributed by atoms with Crippen molar-refractivity contribution in [1.29, 1.82) is 0 Å². The molecular weight excluding hydrogens is 643 g/mol. The van der Waals surface area contributed by atoms with Crippen LogP contribution in [0.25, 0.3) is 0 Å². The number of carboxylic acid groups (broad SMARTS) is 1. The number of nitrogen functional groups attached to an aromatic ring is 1. The van der Waals surface area contributed by atoms with Crippen LogP contribution in [0.15, 0.2) is 26.7 Å². The van der Waals surface area contributed by atoms with Crippen LogP contribution in [0.3, 0.4) is 0 Å². The lowest BCUT2D eigenvalue weighted by molar-refractivity contribution is -0.153. The smallest absolute Gasteiger partial charge is 0.362 e. The summed E-state index contributed by atoms with van der Waals surface area (Å²) in [6.45, 7) is 0.953. The van der Waals surface area contributed by atoms with Gasteiger partial charge < -0.3 is 25.9 Å². The number of aliphatic carboxylic acids is 1. The standard InChI is InChI=1S/C22H27N11O8S3/c1-31-6-13(5-24-10-25-11-31)42-8-12-4-26-32(29-12)7-15-17(19(35)33(15)44(38,39)40)28-18(34)16(14-9-43-21(23)27-14)30-41-22(2-3-22)20(36)37/h4,9-11,13,15,17H,2-3,5-8H2,1H3,(H2,23,27)(H,28,34)(H,36,37)(H,38,39,40)/b24-10?,25-11?,30-16-/t13?,15-,17+/m1/s1. The molecule has 5 rings (SSSR count). The Labute approximate surface area is 258 Å². The molecule has 0 spiro atoms. The van der Waals surface area contributed by atoms with Gasteiger partial charge in [-0.3, -0.25) is 19.1 Å². The van der Waals surface area contributed by atoms with Crippen molar-refractivity contribution in [3.8, 4) is 0 Å². The lowest BCUT2D eigenvalue weighted by Crippen LogP contribution is -2.73. The van der Waals surface area contributed by atoms with Crippen molar-refractivity contribution >= 4 is 74.7 Å². The van der Waals surface area contributed by atoms with Gasteiger partial charge in [-0.05, 0) is 0 Å². The van der Waals surface area contributed by atoms with Gasteiger partial charge in [0.15, 0.2) is 10.8 Å². The molecule has 3 aliphatic rings. The summed E-state index contributed by atoms with van der Waals surface area (Å²) in [7, 11) is -3.10. The SMILES string of the molecule is CN1C=NC=NCC(SCc2cnn(C[C@@H]3[C@H](NC(=O)/C(=N\OC4(C(=O)O)CC4)c4csc(N)n4)C(=O)N3S(=O)(=O)O)n2)C1. The first kappa shape index (κ1) is 31.3. The quantitative estimate of drug-likeness (QED) is 0.0864. The first-order valence-electron chi connectivity index (χ1n) is 12.9. The Bertz CT molecular complexity index is 1630. The molecule has 4 heterocycles. The Hall–Kier alpha value is -4.15. The Morgan fingerprint density at radius 2 is 2.14 bits per heavy atom. The molecule has 2 amide bonds. The normalized spacial score (nSPS) is 23.1. The lowest BCUT2D eigenvalue weighted by Gasteiger charge is -2.43. The van der Waals surface area contributed by atoms with Crippen molar-refractivity contribution in [3.63, 3.8) is 0 Å². The summed E-state index contributed by atoms with van der Waals surface area (Å²) in [4.78, 5) is 58.1. The van der Waals surface area contributed by atoms with Crippen LogP contribution >= 0.6 is 23.1 Å². The molecule has 1 aliphatic carbocycles. The molecule has 2 aromatic rings. The summed E-state index contributed by atoms with van der Waals surface area (Å²) >= 11 is 2.57. The maximum absolute atomic E-state index is 13.3. The number of carbonyl (C=O) groups excluding carboxylic acids is 2. The Morgan fingerprint density at radius 1 is 1.36 bits per heavy atom. The number of anilines is 1. The second kappa shape index (κ2) is 12.5. The Morgan fingerprint density at radius 3 is 2.80 bits per heavy atom. The van der Waals surface area contributed by atoms with Crippen LogP contribution in [0.4, 0.5) is 5.13 Å². The van der Waals surface area contributed by atoms with Gasteiger partial charge in [0, 0.05) is 42.8 Å². The average molecular weight is 670 g/mol. The summed E-state index contributed by atoms with van der Waals surface area (Å²) in [6.07, 6.45) is 5.00. The highest BCUT2D eigenvalue weighted by Gasteiger charge is 2.56. The van der Waals surface area contributed by atoms with E-state index < -0.39 is 51.5 Å². The molecule has 22 heteroatoms. The van der Waals surface area contributed by atoms with Crippen molar-refractivity contribution in [2.24, 2.45) is 15.1 Å². The summed E-state index contributed by atoms with van der Waals surface area (Å²) < 4.78 is 33.9. The molecule has 236 valence electrons. The molecule has 2 fully saturated rings. The van der Waals surface area contributed by atoms with Gasteiger partial charge in [0.1, 0.15) is 24.1 Å². The largest absolute Gasteiger partial charge is 0.478 e. The number of thiazole rings is 1. The third-order valence-corrected chi connectivity index (χ3v) is 9.56. The van der Waals surface area contributed by atoms with E-state index in [9.17, 15) is 32.5 Å². The van der Waals surface area contributed by atoms with Crippen molar-refractivity contribution in [2.75, 3.05) is 25.9 Å². The number of aromatic nitrogens is 4. The van der Waals surface area contributed by atoms with Crippen molar-refractivity contribution in [2.45, 2.75) is 48.1 Å². The zero-order chi connectivity index (χ0) is 31.6. The molecule has 44 heavy (non-hydrogen) atoms. The second-order valence-corrected chi connectivity index (χ2v) is 13.5. The third-order valence-electron chi connectivity index (χ3n) is 6.70. The van der Waals surface area contributed by atoms with Crippen LogP contribution in [-0.4, -0.2) is 127 Å². The maximum atomic E-state index is 13.3. The number of nitrogens with zero attached hydrogens (tertiary/aromatic N) is 9. The van der Waals surface area contributed by atoms with E-state index in [1.165, 1.54) is 17.9 Å². The molecule has 0 bridgehead atoms. The average Bonchev–Trinajstić information content (AvgIpc) is 3.41. The molecule has 3 atom stereocenters. The topological polar surface area (TPSA) is 260 Å². The van der Waals surface area contributed by atoms with Gasteiger partial charge in [-0.25, -0.2) is 19.1 Å². The summed E-state index contributed by atoms with van der Waals surface area (Å²) in [5, 5.41) is 25.6. The minimum Gasteiger partial charge on any atom is -0.478 e. The predicted molar refractivity (Wildman–Crippen MR) is 157 cm³/mol. The van der Waals surface area contributed by atoms with E-state index in [2.05, 4.69) is 35.6 Å². The third kappa shape index (κ3) is 6.97. The number of rotatable bonds is 12. The van der Waals surface area contributed by atoms with Gasteiger partial charge in [0.25, 0.3) is 11.8 Å². The number of thioether (sulfide) groups is 1. The first-order chi connectivity index (χ1) is 20.9. The highest BCUT2D eigenvalue weighted by atomic mass is 32.2. The fourth-order valence-corrected chi connectivity index (χ4v) is 6.78. The molecule has 5 N–H and O–H groups in total. The van der Waals surface area contributed by atoms with E-state index in [0.29, 0.717) is 24.5 Å². The van der Waals surface area contributed by atoms with E-state index >= 15 is 0 Å². The Kier molecular flexibility index (Phi) is 8.85. The number of hydrogen-bond acceptors (Lipinski definition) is 16. The zero-order valence-electron chi connectivity index (χ0n) is 23.0. The number of aliphatic imine (C=N–C) groups is 2. The van der Waals surface area contributed by atoms with E-state index in [4.69, 9.17) is 10.6 Å². The van der Waals surface area contributed by atoms with Crippen LogP contribution < -0.4 is 11.1 Å². The molecule has 1 saturated heterocycles. The Balaban J connectivity index is 1.29. The molecular formula is C22H27N11O8S3. The van der Waals surface area contributed by atoms with E-state index in [1.807, 2.05) is 11.9 Å². The first-order valence-corrected chi connectivity index (χ1v) is 16.2. The van der Waals surface area contributed by atoms with Gasteiger partial charge >= 0.3 is 16.3 Å². The van der Waals surface area contributed by atoms with Crippen LogP contribution in [0.5, 0.6) is 0 Å². The highest BCUT2D eigenvalue weighted by Crippen LogP contribution is 2.40. The number of carbonyl (C=O) groups is 3. The summed E-state index contributed by atoms with van der Waals surface area (Å²) in [6, 6.07) is -2.76. The van der Waals surface area contributed by atoms with Crippen molar-refractivity contribution in [3.05, 3.63) is 23.0 Å².